The number of rotatable bonds is 5. The minimum absolute atomic E-state index is 0.287. The maximum absolute atomic E-state index is 13.6. The minimum atomic E-state index is -0.359. The summed E-state index contributed by atoms with van der Waals surface area (Å²) in [6.07, 6.45) is 0.897. The molecule has 0 radical (unpaired) electrons. The normalized spacial score (nSPS) is 10.3. The molecule has 0 saturated heterocycles. The van der Waals surface area contributed by atoms with E-state index in [9.17, 15) is 4.39 Å². The van der Waals surface area contributed by atoms with Gasteiger partial charge in [0.1, 0.15) is 5.82 Å². The molecule has 0 aliphatic carbocycles. The molecule has 0 saturated carbocycles. The molecule has 2 aromatic rings. The quantitative estimate of drug-likeness (QED) is 0.603. The molecule has 106 valence electrons. The number of benzene rings is 2. The van der Waals surface area contributed by atoms with Gasteiger partial charge in [-0.25, -0.2) is 4.39 Å². The van der Waals surface area contributed by atoms with Crippen molar-refractivity contribution in [3.05, 3.63) is 45.8 Å². The molecule has 5 heteroatoms. The Bertz CT molecular complexity index is 604. The number of hydrogen-bond donors (Lipinski definition) is 1. The van der Waals surface area contributed by atoms with Crippen molar-refractivity contribution in [2.24, 2.45) is 0 Å². The number of halogens is 2. The Balaban J connectivity index is 2.28. The SMILES string of the molecule is CCCOc1ccccc1Oc1cc(F)c(I)cc1N. The lowest BCUT2D eigenvalue weighted by molar-refractivity contribution is 0.302. The number of nitrogen functional groups attached to an aromatic ring is 1. The van der Waals surface area contributed by atoms with Crippen LogP contribution >= 0.6 is 22.6 Å². The van der Waals surface area contributed by atoms with Gasteiger partial charge >= 0.3 is 0 Å². The Morgan fingerprint density at radius 3 is 2.55 bits per heavy atom. The predicted octanol–water partition coefficient (Wildman–Crippen LogP) is 4.59. The van der Waals surface area contributed by atoms with Crippen LogP contribution in [-0.2, 0) is 0 Å². The van der Waals surface area contributed by atoms with Gasteiger partial charge in [-0.2, -0.15) is 0 Å². The second-order valence-corrected chi connectivity index (χ2v) is 5.36. The topological polar surface area (TPSA) is 44.5 Å². The highest BCUT2D eigenvalue weighted by Crippen LogP contribution is 2.35. The van der Waals surface area contributed by atoms with Crippen LogP contribution in [-0.4, -0.2) is 6.61 Å². The van der Waals surface area contributed by atoms with Crippen molar-refractivity contribution in [3.8, 4) is 17.2 Å². The predicted molar refractivity (Wildman–Crippen MR) is 85.8 cm³/mol. The van der Waals surface area contributed by atoms with Gasteiger partial charge < -0.3 is 15.2 Å². The van der Waals surface area contributed by atoms with E-state index in [2.05, 4.69) is 0 Å². The largest absolute Gasteiger partial charge is 0.490 e. The average molecular weight is 387 g/mol. The summed E-state index contributed by atoms with van der Waals surface area (Å²) < 4.78 is 25.3. The van der Waals surface area contributed by atoms with Crippen LogP contribution < -0.4 is 15.2 Å². The van der Waals surface area contributed by atoms with Crippen molar-refractivity contribution >= 4 is 28.3 Å². The smallest absolute Gasteiger partial charge is 0.169 e. The maximum Gasteiger partial charge on any atom is 0.169 e. The van der Waals surface area contributed by atoms with Crippen LogP contribution in [0.4, 0.5) is 10.1 Å². The molecule has 2 rings (SSSR count). The molecule has 0 spiro atoms. The molecular weight excluding hydrogens is 372 g/mol. The maximum atomic E-state index is 13.6. The van der Waals surface area contributed by atoms with E-state index >= 15 is 0 Å². The zero-order valence-electron chi connectivity index (χ0n) is 11.0. The fraction of sp³-hybridized carbons (Fsp3) is 0.200. The lowest BCUT2D eigenvalue weighted by Gasteiger charge is -2.13. The van der Waals surface area contributed by atoms with E-state index in [4.69, 9.17) is 15.2 Å². The van der Waals surface area contributed by atoms with Crippen molar-refractivity contribution in [2.45, 2.75) is 13.3 Å². The van der Waals surface area contributed by atoms with Crippen molar-refractivity contribution in [1.82, 2.24) is 0 Å². The van der Waals surface area contributed by atoms with Gasteiger partial charge in [0, 0.05) is 6.07 Å². The number of anilines is 1. The molecule has 20 heavy (non-hydrogen) atoms. The van der Waals surface area contributed by atoms with E-state index in [1.54, 1.807) is 12.1 Å². The fourth-order valence-electron chi connectivity index (χ4n) is 1.62. The van der Waals surface area contributed by atoms with E-state index in [-0.39, 0.29) is 11.6 Å². The molecule has 0 aliphatic rings. The zero-order valence-corrected chi connectivity index (χ0v) is 13.2. The van der Waals surface area contributed by atoms with Crippen molar-refractivity contribution in [1.29, 1.82) is 0 Å². The molecule has 2 aromatic carbocycles. The Labute approximate surface area is 131 Å². The van der Waals surface area contributed by atoms with Crippen LogP contribution in [0.3, 0.4) is 0 Å². The number of hydrogen-bond acceptors (Lipinski definition) is 3. The van der Waals surface area contributed by atoms with Crippen LogP contribution in [0.5, 0.6) is 17.2 Å². The van der Waals surface area contributed by atoms with Crippen molar-refractivity contribution in [2.75, 3.05) is 12.3 Å². The highest BCUT2D eigenvalue weighted by Gasteiger charge is 2.11. The van der Waals surface area contributed by atoms with E-state index in [1.807, 2.05) is 47.7 Å². The van der Waals surface area contributed by atoms with Crippen molar-refractivity contribution < 1.29 is 13.9 Å². The first-order valence-electron chi connectivity index (χ1n) is 6.26. The van der Waals surface area contributed by atoms with Gasteiger partial charge in [-0.05, 0) is 47.2 Å². The van der Waals surface area contributed by atoms with E-state index < -0.39 is 0 Å². The summed E-state index contributed by atoms with van der Waals surface area (Å²) in [6, 6.07) is 10.1. The third kappa shape index (κ3) is 3.53. The first-order chi connectivity index (χ1) is 9.61. The van der Waals surface area contributed by atoms with E-state index in [0.717, 1.165) is 6.42 Å². The van der Waals surface area contributed by atoms with Crippen LogP contribution in [0.15, 0.2) is 36.4 Å². The third-order valence-electron chi connectivity index (χ3n) is 2.58. The molecule has 0 unspecified atom stereocenters. The summed E-state index contributed by atoms with van der Waals surface area (Å²) >= 11 is 1.89. The Kier molecular flexibility index (Phi) is 5.05. The Morgan fingerprint density at radius 2 is 1.85 bits per heavy atom. The summed E-state index contributed by atoms with van der Waals surface area (Å²) in [5.41, 5.74) is 6.24. The lowest BCUT2D eigenvalue weighted by Crippen LogP contribution is -1.99. The molecule has 0 fully saturated rings. The second kappa shape index (κ2) is 6.78. The highest BCUT2D eigenvalue weighted by atomic mass is 127. The molecule has 0 heterocycles. The summed E-state index contributed by atoms with van der Waals surface area (Å²) in [7, 11) is 0. The van der Waals surface area contributed by atoms with Crippen LogP contribution in [0.25, 0.3) is 0 Å². The molecule has 3 nitrogen and oxygen atoms in total. The van der Waals surface area contributed by atoms with Gasteiger partial charge in [-0.15, -0.1) is 0 Å². The van der Waals surface area contributed by atoms with Gasteiger partial charge in [0.2, 0.25) is 0 Å². The summed E-state index contributed by atoms with van der Waals surface area (Å²) in [5.74, 6) is 1.07. The summed E-state index contributed by atoms with van der Waals surface area (Å²) in [5, 5.41) is 0. The highest BCUT2D eigenvalue weighted by molar-refractivity contribution is 14.1. The van der Waals surface area contributed by atoms with Gasteiger partial charge in [-0.3, -0.25) is 0 Å². The van der Waals surface area contributed by atoms with Gasteiger partial charge in [0.15, 0.2) is 17.2 Å². The van der Waals surface area contributed by atoms with Crippen molar-refractivity contribution in [3.63, 3.8) is 0 Å². The van der Waals surface area contributed by atoms with Crippen LogP contribution in [0.2, 0.25) is 0 Å². The molecule has 0 aliphatic heterocycles. The average Bonchev–Trinajstić information content (AvgIpc) is 2.44. The Morgan fingerprint density at radius 1 is 1.15 bits per heavy atom. The molecule has 2 N–H and O–H groups in total. The first-order valence-corrected chi connectivity index (χ1v) is 7.34. The van der Waals surface area contributed by atoms with E-state index in [1.165, 1.54) is 6.07 Å². The van der Waals surface area contributed by atoms with Gasteiger partial charge in [0.05, 0.1) is 15.9 Å². The standard InChI is InChI=1S/C15H15FINO2/c1-2-7-19-13-5-3-4-6-14(13)20-15-8-10(16)11(17)9-12(15)18/h3-6,8-9H,2,7,18H2,1H3. The number of nitrogens with two attached hydrogens (primary N) is 1. The van der Waals surface area contributed by atoms with Crippen LogP contribution in [0, 0.1) is 9.39 Å². The first kappa shape index (κ1) is 14.9. The lowest BCUT2D eigenvalue weighted by atomic mass is 10.2. The number of para-hydroxylation sites is 2. The Hall–Kier alpha value is -1.50. The number of ether oxygens (including phenoxy) is 2. The van der Waals surface area contributed by atoms with Gasteiger partial charge in [-0.1, -0.05) is 19.1 Å². The molecular formula is C15H15FINO2. The monoisotopic (exact) mass is 387 g/mol. The zero-order chi connectivity index (χ0) is 14.5. The molecule has 0 aromatic heterocycles. The summed E-state index contributed by atoms with van der Waals surface area (Å²) in [6.45, 7) is 2.62. The molecule has 0 bridgehead atoms. The van der Waals surface area contributed by atoms with Crippen LogP contribution in [0.1, 0.15) is 13.3 Å². The van der Waals surface area contributed by atoms with Gasteiger partial charge in [0.25, 0.3) is 0 Å². The second-order valence-electron chi connectivity index (χ2n) is 4.20. The summed E-state index contributed by atoms with van der Waals surface area (Å²) in [4.78, 5) is 0. The van der Waals surface area contributed by atoms with E-state index in [0.29, 0.717) is 27.4 Å². The molecule has 0 atom stereocenters. The third-order valence-corrected chi connectivity index (χ3v) is 3.41. The minimum Gasteiger partial charge on any atom is -0.490 e. The molecule has 0 amide bonds. The fourth-order valence-corrected chi connectivity index (χ4v) is 2.11.